The maximum absolute atomic E-state index is 14.5. The smallest absolute Gasteiger partial charge is 0.335 e. The SMILES string of the molecule is CC(C)NC(C)(C)CN(Cc1ccc(-c2ccc(C(F)(F)F)cc2)cc1)C(=O)Cn1c(CCc2cccc(F)c2F)nc(=O)c2ccccc21. The molecular formula is C39H39F5N4O2. The molecule has 11 heteroatoms. The van der Waals surface area contributed by atoms with Gasteiger partial charge in [-0.3, -0.25) is 9.59 Å². The summed E-state index contributed by atoms with van der Waals surface area (Å²) in [6, 6.07) is 23.1. The highest BCUT2D eigenvalue weighted by Gasteiger charge is 2.30. The van der Waals surface area contributed by atoms with Crippen molar-refractivity contribution < 1.29 is 26.7 Å². The van der Waals surface area contributed by atoms with E-state index in [9.17, 15) is 31.5 Å². The topological polar surface area (TPSA) is 67.2 Å². The van der Waals surface area contributed by atoms with Crippen molar-refractivity contribution in [2.45, 2.75) is 71.4 Å². The number of aryl methyl sites for hydroxylation is 2. The van der Waals surface area contributed by atoms with E-state index >= 15 is 0 Å². The van der Waals surface area contributed by atoms with Gasteiger partial charge in [0.2, 0.25) is 5.91 Å². The number of fused-ring (bicyclic) bond motifs is 1. The fourth-order valence-corrected chi connectivity index (χ4v) is 6.27. The molecule has 0 spiro atoms. The number of benzene rings is 4. The Bertz CT molecular complexity index is 2020. The van der Waals surface area contributed by atoms with Gasteiger partial charge in [0, 0.05) is 31.1 Å². The molecule has 0 unspecified atom stereocenters. The number of para-hydroxylation sites is 1. The highest BCUT2D eigenvalue weighted by molar-refractivity contribution is 5.82. The molecule has 0 saturated carbocycles. The first-order valence-corrected chi connectivity index (χ1v) is 16.3. The number of nitrogens with zero attached hydrogens (tertiary/aromatic N) is 3. The molecule has 1 amide bonds. The maximum Gasteiger partial charge on any atom is 0.416 e. The molecule has 0 bridgehead atoms. The number of carbonyl (C=O) groups is 1. The van der Waals surface area contributed by atoms with E-state index in [0.29, 0.717) is 23.0 Å². The molecule has 0 aliphatic heterocycles. The van der Waals surface area contributed by atoms with Crippen molar-refractivity contribution in [2.75, 3.05) is 6.54 Å². The van der Waals surface area contributed by atoms with Gasteiger partial charge in [-0.1, -0.05) is 74.5 Å². The van der Waals surface area contributed by atoms with E-state index in [1.165, 1.54) is 24.3 Å². The summed E-state index contributed by atoms with van der Waals surface area (Å²) in [5.74, 6) is -1.92. The molecule has 0 atom stereocenters. The van der Waals surface area contributed by atoms with Crippen LogP contribution in [0.4, 0.5) is 22.0 Å². The highest BCUT2D eigenvalue weighted by atomic mass is 19.4. The monoisotopic (exact) mass is 690 g/mol. The summed E-state index contributed by atoms with van der Waals surface area (Å²) in [5, 5.41) is 3.82. The Kier molecular flexibility index (Phi) is 10.9. The second kappa shape index (κ2) is 14.9. The predicted octanol–water partition coefficient (Wildman–Crippen LogP) is 7.95. The summed E-state index contributed by atoms with van der Waals surface area (Å²) in [5.41, 5.74) is 1.09. The normalized spacial score (nSPS) is 12.1. The number of nitrogens with one attached hydrogen (secondary N) is 1. The summed E-state index contributed by atoms with van der Waals surface area (Å²) in [4.78, 5) is 33.3. The highest BCUT2D eigenvalue weighted by Crippen LogP contribution is 2.31. The van der Waals surface area contributed by atoms with Gasteiger partial charge in [-0.05, 0) is 72.9 Å². The third-order valence-electron chi connectivity index (χ3n) is 8.40. The molecule has 0 aliphatic carbocycles. The van der Waals surface area contributed by atoms with Crippen molar-refractivity contribution in [3.8, 4) is 11.1 Å². The average Bonchev–Trinajstić information content (AvgIpc) is 3.06. The number of hydrogen-bond donors (Lipinski definition) is 1. The van der Waals surface area contributed by atoms with Crippen LogP contribution in [-0.2, 0) is 36.9 Å². The predicted molar refractivity (Wildman–Crippen MR) is 184 cm³/mol. The Morgan fingerprint density at radius 2 is 1.50 bits per heavy atom. The lowest BCUT2D eigenvalue weighted by Gasteiger charge is -2.35. The molecule has 1 N–H and O–H groups in total. The molecule has 0 fully saturated rings. The van der Waals surface area contributed by atoms with E-state index in [-0.39, 0.29) is 49.3 Å². The summed E-state index contributed by atoms with van der Waals surface area (Å²) >= 11 is 0. The van der Waals surface area contributed by atoms with Gasteiger partial charge in [-0.25, -0.2) is 8.78 Å². The summed E-state index contributed by atoms with van der Waals surface area (Å²) in [6.45, 7) is 8.40. The van der Waals surface area contributed by atoms with Crippen molar-refractivity contribution >= 4 is 16.8 Å². The van der Waals surface area contributed by atoms with Crippen LogP contribution in [0.2, 0.25) is 0 Å². The first kappa shape index (κ1) is 36.4. The van der Waals surface area contributed by atoms with Crippen molar-refractivity contribution in [1.29, 1.82) is 0 Å². The minimum atomic E-state index is -4.42. The van der Waals surface area contributed by atoms with Gasteiger partial charge in [0.15, 0.2) is 11.6 Å². The van der Waals surface area contributed by atoms with Crippen molar-refractivity contribution in [1.82, 2.24) is 19.8 Å². The Morgan fingerprint density at radius 1 is 0.860 bits per heavy atom. The maximum atomic E-state index is 14.5. The van der Waals surface area contributed by atoms with E-state index in [1.54, 1.807) is 45.9 Å². The molecular weight excluding hydrogens is 651 g/mol. The fourth-order valence-electron chi connectivity index (χ4n) is 6.27. The average molecular weight is 691 g/mol. The molecule has 0 saturated heterocycles. The van der Waals surface area contributed by atoms with Crippen molar-refractivity contribution in [3.05, 3.63) is 135 Å². The Hall–Kier alpha value is -4.90. The van der Waals surface area contributed by atoms with Gasteiger partial charge >= 0.3 is 6.18 Å². The number of alkyl halides is 3. The second-order valence-electron chi connectivity index (χ2n) is 13.4. The van der Waals surface area contributed by atoms with E-state index in [1.807, 2.05) is 39.8 Å². The summed E-state index contributed by atoms with van der Waals surface area (Å²) in [6.07, 6.45) is -4.28. The first-order valence-electron chi connectivity index (χ1n) is 16.3. The standard InChI is InChI=1S/C39H39F5N4O2/c1-25(2)46-38(3,4)24-47(22-26-12-14-27(15-13-26)28-16-19-30(20-17-28)39(42,43)44)35(49)23-48-33-11-6-5-9-31(33)37(50)45-34(48)21-18-29-8-7-10-32(40)36(29)41/h5-17,19-20,25,46H,18,21-24H2,1-4H3. The number of aromatic nitrogens is 2. The third kappa shape index (κ3) is 8.81. The van der Waals surface area contributed by atoms with Crippen LogP contribution in [0.5, 0.6) is 0 Å². The number of amides is 1. The van der Waals surface area contributed by atoms with Crippen LogP contribution in [0.3, 0.4) is 0 Å². The molecule has 5 aromatic rings. The van der Waals surface area contributed by atoms with Crippen molar-refractivity contribution in [2.24, 2.45) is 0 Å². The van der Waals surface area contributed by atoms with Gasteiger partial charge in [0.1, 0.15) is 12.4 Å². The molecule has 5 rings (SSSR count). The molecule has 6 nitrogen and oxygen atoms in total. The molecule has 50 heavy (non-hydrogen) atoms. The largest absolute Gasteiger partial charge is 0.416 e. The Labute approximate surface area is 287 Å². The van der Waals surface area contributed by atoms with E-state index < -0.39 is 34.5 Å². The third-order valence-corrected chi connectivity index (χ3v) is 8.40. The number of halogens is 5. The minimum absolute atomic E-state index is 0.0584. The lowest BCUT2D eigenvalue weighted by Crippen LogP contribution is -2.53. The van der Waals surface area contributed by atoms with E-state index in [4.69, 9.17) is 0 Å². The van der Waals surface area contributed by atoms with Gasteiger partial charge in [-0.15, -0.1) is 0 Å². The van der Waals surface area contributed by atoms with E-state index in [0.717, 1.165) is 29.3 Å². The lowest BCUT2D eigenvalue weighted by molar-refractivity contribution is -0.137. The number of hydrogen-bond acceptors (Lipinski definition) is 4. The van der Waals surface area contributed by atoms with Gasteiger partial charge in [0.05, 0.1) is 16.5 Å². The lowest BCUT2D eigenvalue weighted by atomic mass is 10.0. The van der Waals surface area contributed by atoms with E-state index in [2.05, 4.69) is 10.3 Å². The fraction of sp³-hybridized carbons (Fsp3) is 0.308. The molecule has 262 valence electrons. The Morgan fingerprint density at radius 3 is 2.14 bits per heavy atom. The minimum Gasteiger partial charge on any atom is -0.335 e. The molecule has 0 aliphatic rings. The second-order valence-corrected chi connectivity index (χ2v) is 13.4. The van der Waals surface area contributed by atoms with Crippen LogP contribution in [0.1, 0.15) is 50.2 Å². The van der Waals surface area contributed by atoms with Crippen LogP contribution in [-0.4, -0.2) is 38.5 Å². The molecule has 1 heterocycles. The molecule has 0 radical (unpaired) electrons. The molecule has 4 aromatic carbocycles. The zero-order chi connectivity index (χ0) is 36.2. The van der Waals surface area contributed by atoms with Crippen LogP contribution < -0.4 is 10.9 Å². The Balaban J connectivity index is 1.45. The zero-order valence-corrected chi connectivity index (χ0v) is 28.3. The van der Waals surface area contributed by atoms with Gasteiger partial charge < -0.3 is 14.8 Å². The number of rotatable bonds is 12. The van der Waals surface area contributed by atoms with Crippen LogP contribution in [0.15, 0.2) is 95.8 Å². The van der Waals surface area contributed by atoms with Crippen LogP contribution >= 0.6 is 0 Å². The van der Waals surface area contributed by atoms with Crippen LogP contribution in [0.25, 0.3) is 22.0 Å². The summed E-state index contributed by atoms with van der Waals surface area (Å²) in [7, 11) is 0. The van der Waals surface area contributed by atoms with Crippen molar-refractivity contribution in [3.63, 3.8) is 0 Å². The first-order chi connectivity index (χ1) is 23.6. The molecule has 1 aromatic heterocycles. The van der Waals surface area contributed by atoms with Crippen LogP contribution in [0, 0.1) is 11.6 Å². The van der Waals surface area contributed by atoms with Gasteiger partial charge in [-0.2, -0.15) is 18.2 Å². The quantitative estimate of drug-likeness (QED) is 0.135. The number of carbonyl (C=O) groups excluding carboxylic acids is 1. The van der Waals surface area contributed by atoms with Gasteiger partial charge in [0.25, 0.3) is 5.56 Å². The summed E-state index contributed by atoms with van der Waals surface area (Å²) < 4.78 is 69.3. The zero-order valence-electron chi connectivity index (χ0n) is 28.3.